The normalized spacial score (nSPS) is 10.3. The van der Waals surface area contributed by atoms with Gasteiger partial charge in [0.2, 0.25) is 0 Å². The van der Waals surface area contributed by atoms with Gasteiger partial charge in [-0.25, -0.2) is 0 Å². The van der Waals surface area contributed by atoms with Crippen molar-refractivity contribution < 1.29 is 4.84 Å². The molecule has 1 N–H and O–H groups in total. The summed E-state index contributed by atoms with van der Waals surface area (Å²) in [5.41, 5.74) is 5.52. The van der Waals surface area contributed by atoms with Crippen molar-refractivity contribution in [1.82, 2.24) is 5.48 Å². The minimum absolute atomic E-state index is 0.701. The fourth-order valence-corrected chi connectivity index (χ4v) is 1.13. The lowest BCUT2D eigenvalue weighted by Crippen LogP contribution is -2.13. The molecule has 72 valence electrons. The van der Waals surface area contributed by atoms with Crippen molar-refractivity contribution in [3.05, 3.63) is 35.4 Å². The van der Waals surface area contributed by atoms with Gasteiger partial charge in [0, 0.05) is 6.54 Å². The predicted molar refractivity (Wildman–Crippen MR) is 54.3 cm³/mol. The van der Waals surface area contributed by atoms with Crippen molar-refractivity contribution in [3.8, 4) is 0 Å². The molecule has 0 aromatic heterocycles. The first-order valence-electron chi connectivity index (χ1n) is 4.79. The molecule has 0 fully saturated rings. The molecular formula is C11H17NO. The summed E-state index contributed by atoms with van der Waals surface area (Å²) in [7, 11) is 0. The highest BCUT2D eigenvalue weighted by Crippen LogP contribution is 2.04. The number of benzene rings is 1. The van der Waals surface area contributed by atoms with Crippen LogP contribution >= 0.6 is 0 Å². The molecule has 1 aromatic carbocycles. The summed E-state index contributed by atoms with van der Waals surface area (Å²) in [5.74, 6) is 0. The number of hydroxylamine groups is 1. The van der Waals surface area contributed by atoms with Gasteiger partial charge < -0.3 is 4.84 Å². The molecule has 2 nitrogen and oxygen atoms in total. The maximum absolute atomic E-state index is 5.04. The Hall–Kier alpha value is -0.860. The van der Waals surface area contributed by atoms with Crippen molar-refractivity contribution >= 4 is 0 Å². The maximum Gasteiger partial charge on any atom is 0.0654 e. The number of hydrogen-bond donors (Lipinski definition) is 1. The second-order valence-corrected chi connectivity index (χ2v) is 2.92. The Balaban J connectivity index is 2.40. The van der Waals surface area contributed by atoms with Crippen molar-refractivity contribution in [2.75, 3.05) is 6.61 Å². The Morgan fingerprint density at radius 2 is 1.69 bits per heavy atom. The van der Waals surface area contributed by atoms with Gasteiger partial charge in [-0.05, 0) is 24.5 Å². The minimum atomic E-state index is 0.701. The van der Waals surface area contributed by atoms with Crippen LogP contribution in [0, 0.1) is 0 Å². The largest absolute Gasteiger partial charge is 0.302 e. The zero-order chi connectivity index (χ0) is 9.52. The Bertz CT molecular complexity index is 230. The molecule has 13 heavy (non-hydrogen) atoms. The van der Waals surface area contributed by atoms with Crippen molar-refractivity contribution in [3.63, 3.8) is 0 Å². The van der Waals surface area contributed by atoms with E-state index in [0.29, 0.717) is 6.61 Å². The molecule has 0 aliphatic rings. The number of aryl methyl sites for hydroxylation is 1. The fraction of sp³-hybridized carbons (Fsp3) is 0.455. The third-order valence-electron chi connectivity index (χ3n) is 1.95. The minimum Gasteiger partial charge on any atom is -0.302 e. The van der Waals surface area contributed by atoms with E-state index in [4.69, 9.17) is 4.84 Å². The Kier molecular flexibility index (Phi) is 4.50. The first kappa shape index (κ1) is 10.2. The monoisotopic (exact) mass is 179 g/mol. The van der Waals surface area contributed by atoms with Gasteiger partial charge in [-0.3, -0.25) is 0 Å². The van der Waals surface area contributed by atoms with E-state index in [1.807, 2.05) is 6.92 Å². The van der Waals surface area contributed by atoms with Crippen LogP contribution in [0.2, 0.25) is 0 Å². The van der Waals surface area contributed by atoms with Gasteiger partial charge in [-0.2, -0.15) is 5.48 Å². The van der Waals surface area contributed by atoms with E-state index in [0.717, 1.165) is 13.0 Å². The third-order valence-corrected chi connectivity index (χ3v) is 1.95. The standard InChI is InChI=1S/C11H17NO/c1-3-10-5-7-11(8-6-10)9-12-13-4-2/h5-8,12H,3-4,9H2,1-2H3. The second kappa shape index (κ2) is 5.73. The summed E-state index contributed by atoms with van der Waals surface area (Å²) in [6.45, 7) is 5.60. The molecule has 0 aliphatic carbocycles. The van der Waals surface area contributed by atoms with Crippen LogP contribution < -0.4 is 5.48 Å². The topological polar surface area (TPSA) is 21.3 Å². The van der Waals surface area contributed by atoms with Gasteiger partial charge in [0.05, 0.1) is 6.61 Å². The van der Waals surface area contributed by atoms with Crippen LogP contribution in [0.15, 0.2) is 24.3 Å². The van der Waals surface area contributed by atoms with Crippen LogP contribution in [-0.4, -0.2) is 6.61 Å². The van der Waals surface area contributed by atoms with Gasteiger partial charge in [-0.15, -0.1) is 0 Å². The SMILES string of the molecule is CCONCc1ccc(CC)cc1. The van der Waals surface area contributed by atoms with E-state index >= 15 is 0 Å². The van der Waals surface area contributed by atoms with Crippen LogP contribution in [0.5, 0.6) is 0 Å². The molecular weight excluding hydrogens is 162 g/mol. The molecule has 0 spiro atoms. The highest BCUT2D eigenvalue weighted by Gasteiger charge is 1.92. The lowest BCUT2D eigenvalue weighted by atomic mass is 10.1. The second-order valence-electron chi connectivity index (χ2n) is 2.92. The molecule has 0 amide bonds. The van der Waals surface area contributed by atoms with Crippen molar-refractivity contribution in [1.29, 1.82) is 0 Å². The smallest absolute Gasteiger partial charge is 0.0654 e. The zero-order valence-electron chi connectivity index (χ0n) is 8.34. The van der Waals surface area contributed by atoms with Crippen LogP contribution in [-0.2, 0) is 17.8 Å². The molecule has 0 saturated carbocycles. The van der Waals surface area contributed by atoms with Crippen LogP contribution in [0.4, 0.5) is 0 Å². The molecule has 1 rings (SSSR count). The first-order chi connectivity index (χ1) is 6.36. The molecule has 0 aliphatic heterocycles. The summed E-state index contributed by atoms with van der Waals surface area (Å²) < 4.78 is 0. The van der Waals surface area contributed by atoms with E-state index in [-0.39, 0.29) is 0 Å². The highest BCUT2D eigenvalue weighted by molar-refractivity contribution is 5.22. The zero-order valence-corrected chi connectivity index (χ0v) is 8.34. The Labute approximate surface area is 79.9 Å². The molecule has 0 saturated heterocycles. The summed E-state index contributed by atoms with van der Waals surface area (Å²) >= 11 is 0. The van der Waals surface area contributed by atoms with Crippen LogP contribution in [0.25, 0.3) is 0 Å². The molecule has 1 aromatic rings. The molecule has 0 heterocycles. The van der Waals surface area contributed by atoms with Crippen LogP contribution in [0.1, 0.15) is 25.0 Å². The summed E-state index contributed by atoms with van der Waals surface area (Å²) in [6, 6.07) is 8.57. The van der Waals surface area contributed by atoms with Gasteiger partial charge in [0.1, 0.15) is 0 Å². The first-order valence-corrected chi connectivity index (χ1v) is 4.79. The van der Waals surface area contributed by atoms with Gasteiger partial charge in [0.15, 0.2) is 0 Å². The maximum atomic E-state index is 5.04. The molecule has 0 radical (unpaired) electrons. The van der Waals surface area contributed by atoms with E-state index in [2.05, 4.69) is 36.7 Å². The Morgan fingerprint density at radius 3 is 2.23 bits per heavy atom. The highest BCUT2D eigenvalue weighted by atomic mass is 16.6. The molecule has 0 atom stereocenters. The lowest BCUT2D eigenvalue weighted by Gasteiger charge is -2.04. The molecule has 2 heteroatoms. The van der Waals surface area contributed by atoms with Gasteiger partial charge >= 0.3 is 0 Å². The van der Waals surface area contributed by atoms with Crippen molar-refractivity contribution in [2.45, 2.75) is 26.8 Å². The predicted octanol–water partition coefficient (Wildman–Crippen LogP) is 2.29. The lowest BCUT2D eigenvalue weighted by molar-refractivity contribution is 0.0463. The summed E-state index contributed by atoms with van der Waals surface area (Å²) in [4.78, 5) is 5.04. The fourth-order valence-electron chi connectivity index (χ4n) is 1.13. The Morgan fingerprint density at radius 1 is 1.08 bits per heavy atom. The number of nitrogens with one attached hydrogen (secondary N) is 1. The number of hydrogen-bond acceptors (Lipinski definition) is 2. The van der Waals surface area contributed by atoms with E-state index in [1.165, 1.54) is 11.1 Å². The van der Waals surface area contributed by atoms with E-state index in [9.17, 15) is 0 Å². The van der Waals surface area contributed by atoms with Gasteiger partial charge in [0.25, 0.3) is 0 Å². The van der Waals surface area contributed by atoms with Crippen LogP contribution in [0.3, 0.4) is 0 Å². The van der Waals surface area contributed by atoms with Crippen molar-refractivity contribution in [2.24, 2.45) is 0 Å². The summed E-state index contributed by atoms with van der Waals surface area (Å²) in [5, 5.41) is 0. The quantitative estimate of drug-likeness (QED) is 0.553. The summed E-state index contributed by atoms with van der Waals surface area (Å²) in [6.07, 6.45) is 1.10. The third kappa shape index (κ3) is 3.57. The molecule has 0 unspecified atom stereocenters. The van der Waals surface area contributed by atoms with E-state index < -0.39 is 0 Å². The average molecular weight is 179 g/mol. The molecule has 0 bridgehead atoms. The number of rotatable bonds is 5. The van der Waals surface area contributed by atoms with Gasteiger partial charge in [-0.1, -0.05) is 31.2 Å². The van der Waals surface area contributed by atoms with E-state index in [1.54, 1.807) is 0 Å². The average Bonchev–Trinajstić information content (AvgIpc) is 2.19.